The normalized spacial score (nSPS) is 12.6. The highest BCUT2D eigenvalue weighted by molar-refractivity contribution is 5.84. The van der Waals surface area contributed by atoms with Gasteiger partial charge in [-0.3, -0.25) is 0 Å². The lowest BCUT2D eigenvalue weighted by Crippen LogP contribution is -2.09. The maximum absolute atomic E-state index is 6.26. The third-order valence-electron chi connectivity index (χ3n) is 3.62. The minimum atomic E-state index is 0.151. The monoisotopic (exact) mass is 257 g/mol. The molecular weight excluding hydrogens is 234 g/mol. The van der Waals surface area contributed by atoms with Crippen molar-refractivity contribution >= 4 is 10.8 Å². The lowest BCUT2D eigenvalue weighted by Gasteiger charge is -2.13. The fraction of sp³-hybridized carbons (Fsp3) is 0.412. The second kappa shape index (κ2) is 6.58. The van der Waals surface area contributed by atoms with Crippen LogP contribution in [0.5, 0.6) is 5.75 Å². The molecule has 2 N–H and O–H groups in total. The van der Waals surface area contributed by atoms with E-state index in [1.807, 2.05) is 6.07 Å². The lowest BCUT2D eigenvalue weighted by atomic mass is 9.98. The van der Waals surface area contributed by atoms with Crippen LogP contribution in [0.25, 0.3) is 10.8 Å². The molecule has 0 heterocycles. The van der Waals surface area contributed by atoms with E-state index in [9.17, 15) is 0 Å². The second-order valence-electron chi connectivity index (χ2n) is 5.07. The average molecular weight is 257 g/mol. The number of benzene rings is 2. The molecule has 102 valence electrons. The van der Waals surface area contributed by atoms with E-state index in [0.29, 0.717) is 0 Å². The Labute approximate surface area is 115 Å². The number of nitrogens with two attached hydrogens (primary N) is 1. The van der Waals surface area contributed by atoms with Gasteiger partial charge in [0, 0.05) is 6.04 Å². The van der Waals surface area contributed by atoms with Gasteiger partial charge in [0.15, 0.2) is 0 Å². The molecule has 2 nitrogen and oxygen atoms in total. The van der Waals surface area contributed by atoms with E-state index >= 15 is 0 Å². The van der Waals surface area contributed by atoms with Crippen LogP contribution >= 0.6 is 0 Å². The van der Waals surface area contributed by atoms with Gasteiger partial charge in [-0.25, -0.2) is 0 Å². The van der Waals surface area contributed by atoms with Crippen LogP contribution in [0.1, 0.15) is 44.2 Å². The average Bonchev–Trinajstić information content (AvgIpc) is 2.46. The van der Waals surface area contributed by atoms with E-state index in [2.05, 4.69) is 37.3 Å². The number of unbranched alkanes of at least 4 members (excludes halogenated alkanes) is 2. The molecule has 0 saturated carbocycles. The van der Waals surface area contributed by atoms with Gasteiger partial charge >= 0.3 is 0 Å². The Morgan fingerprint density at radius 1 is 1.05 bits per heavy atom. The number of ether oxygens (including phenoxy) is 1. The molecule has 2 aromatic carbocycles. The van der Waals surface area contributed by atoms with Crippen molar-refractivity contribution in [2.24, 2.45) is 5.73 Å². The summed E-state index contributed by atoms with van der Waals surface area (Å²) in [5.41, 5.74) is 7.49. The first kappa shape index (κ1) is 13.9. The summed E-state index contributed by atoms with van der Waals surface area (Å²) in [5, 5.41) is 2.42. The molecular formula is C17H23NO. The molecule has 1 atom stereocenters. The number of hydrogen-bond acceptors (Lipinski definition) is 2. The summed E-state index contributed by atoms with van der Waals surface area (Å²) in [6, 6.07) is 12.8. The van der Waals surface area contributed by atoms with Crippen molar-refractivity contribution in [3.05, 3.63) is 42.0 Å². The first-order valence-corrected chi connectivity index (χ1v) is 7.08. The molecule has 0 fully saturated rings. The summed E-state index contributed by atoms with van der Waals surface area (Å²) in [4.78, 5) is 0. The number of rotatable bonds is 6. The largest absolute Gasteiger partial charge is 0.497 e. The predicted molar refractivity (Wildman–Crippen MR) is 81.6 cm³/mol. The maximum Gasteiger partial charge on any atom is 0.119 e. The first-order chi connectivity index (χ1) is 9.24. The van der Waals surface area contributed by atoms with Crippen molar-refractivity contribution in [1.29, 1.82) is 0 Å². The van der Waals surface area contributed by atoms with Gasteiger partial charge in [-0.15, -0.1) is 0 Å². The summed E-state index contributed by atoms with van der Waals surface area (Å²) in [5.74, 6) is 0.896. The Hall–Kier alpha value is -1.54. The molecule has 0 aromatic heterocycles. The zero-order chi connectivity index (χ0) is 13.7. The summed E-state index contributed by atoms with van der Waals surface area (Å²) in [6.45, 7) is 2.22. The van der Waals surface area contributed by atoms with Crippen LogP contribution in [0.3, 0.4) is 0 Å². The summed E-state index contributed by atoms with van der Waals surface area (Å²) >= 11 is 0. The van der Waals surface area contributed by atoms with Crippen LogP contribution in [-0.4, -0.2) is 7.11 Å². The topological polar surface area (TPSA) is 35.2 Å². The number of hydrogen-bond donors (Lipinski definition) is 1. The van der Waals surface area contributed by atoms with Crippen molar-refractivity contribution < 1.29 is 4.74 Å². The van der Waals surface area contributed by atoms with Crippen LogP contribution in [0.2, 0.25) is 0 Å². The molecule has 0 aliphatic rings. The zero-order valence-electron chi connectivity index (χ0n) is 11.9. The Morgan fingerprint density at radius 3 is 2.53 bits per heavy atom. The van der Waals surface area contributed by atoms with Crippen molar-refractivity contribution in [3.63, 3.8) is 0 Å². The molecule has 0 saturated heterocycles. The van der Waals surface area contributed by atoms with E-state index in [4.69, 9.17) is 10.5 Å². The highest BCUT2D eigenvalue weighted by Gasteiger charge is 2.06. The molecule has 2 heteroatoms. The third-order valence-corrected chi connectivity index (χ3v) is 3.62. The molecule has 2 aromatic rings. The molecule has 0 aliphatic carbocycles. The zero-order valence-corrected chi connectivity index (χ0v) is 11.9. The van der Waals surface area contributed by atoms with Crippen molar-refractivity contribution in [2.75, 3.05) is 7.11 Å². The van der Waals surface area contributed by atoms with Gasteiger partial charge in [0.05, 0.1) is 7.11 Å². The van der Waals surface area contributed by atoms with Crippen LogP contribution in [0.15, 0.2) is 36.4 Å². The van der Waals surface area contributed by atoms with Gasteiger partial charge in [-0.05, 0) is 41.0 Å². The van der Waals surface area contributed by atoms with E-state index in [-0.39, 0.29) is 6.04 Å². The van der Waals surface area contributed by atoms with Crippen molar-refractivity contribution in [2.45, 2.75) is 38.6 Å². The standard InChI is InChI=1S/C17H23NO/c1-3-4-5-6-17(18)15-8-7-14-12-16(19-2)10-9-13(14)11-15/h7-12,17H,3-6,18H2,1-2H3/t17-/m1/s1. The molecule has 2 rings (SSSR count). The lowest BCUT2D eigenvalue weighted by molar-refractivity contribution is 0.415. The van der Waals surface area contributed by atoms with E-state index < -0.39 is 0 Å². The molecule has 0 spiro atoms. The number of fused-ring (bicyclic) bond motifs is 1. The van der Waals surface area contributed by atoms with Gasteiger partial charge in [0.2, 0.25) is 0 Å². The first-order valence-electron chi connectivity index (χ1n) is 7.08. The Balaban J connectivity index is 2.16. The Morgan fingerprint density at radius 2 is 1.79 bits per heavy atom. The van der Waals surface area contributed by atoms with Gasteiger partial charge in [-0.1, -0.05) is 44.4 Å². The van der Waals surface area contributed by atoms with E-state index in [1.54, 1.807) is 7.11 Å². The van der Waals surface area contributed by atoms with Crippen LogP contribution in [0.4, 0.5) is 0 Å². The van der Waals surface area contributed by atoms with Gasteiger partial charge in [0.1, 0.15) is 5.75 Å². The third kappa shape index (κ3) is 3.48. The molecule has 19 heavy (non-hydrogen) atoms. The summed E-state index contributed by atoms with van der Waals surface area (Å²) in [6.07, 6.45) is 4.77. The highest BCUT2D eigenvalue weighted by Crippen LogP contribution is 2.25. The SMILES string of the molecule is CCCCC[C@@H](N)c1ccc2cc(OC)ccc2c1. The van der Waals surface area contributed by atoms with Gasteiger partial charge < -0.3 is 10.5 Å². The fourth-order valence-electron chi connectivity index (χ4n) is 2.38. The molecule has 0 bridgehead atoms. The van der Waals surface area contributed by atoms with Gasteiger partial charge in [-0.2, -0.15) is 0 Å². The highest BCUT2D eigenvalue weighted by atomic mass is 16.5. The predicted octanol–water partition coefficient (Wildman–Crippen LogP) is 4.43. The van der Waals surface area contributed by atoms with Crippen LogP contribution in [-0.2, 0) is 0 Å². The Kier molecular flexibility index (Phi) is 4.80. The molecule has 0 unspecified atom stereocenters. The Bertz CT molecular complexity index is 536. The van der Waals surface area contributed by atoms with Gasteiger partial charge in [0.25, 0.3) is 0 Å². The van der Waals surface area contributed by atoms with E-state index in [0.717, 1.165) is 12.2 Å². The van der Waals surface area contributed by atoms with E-state index in [1.165, 1.54) is 35.6 Å². The molecule has 0 aliphatic heterocycles. The van der Waals surface area contributed by atoms with Crippen molar-refractivity contribution in [1.82, 2.24) is 0 Å². The minimum absolute atomic E-state index is 0.151. The minimum Gasteiger partial charge on any atom is -0.497 e. The fourth-order valence-corrected chi connectivity index (χ4v) is 2.38. The van der Waals surface area contributed by atoms with Crippen LogP contribution < -0.4 is 10.5 Å². The summed E-state index contributed by atoms with van der Waals surface area (Å²) in [7, 11) is 1.69. The maximum atomic E-state index is 6.26. The smallest absolute Gasteiger partial charge is 0.119 e. The summed E-state index contributed by atoms with van der Waals surface area (Å²) < 4.78 is 5.24. The molecule has 0 radical (unpaired) electrons. The quantitative estimate of drug-likeness (QED) is 0.777. The second-order valence-corrected chi connectivity index (χ2v) is 5.07. The van der Waals surface area contributed by atoms with Crippen molar-refractivity contribution in [3.8, 4) is 5.75 Å². The molecule has 0 amide bonds. The van der Waals surface area contributed by atoms with Crippen LogP contribution in [0, 0.1) is 0 Å². The number of methoxy groups -OCH3 is 1.